The number of aromatic nitrogens is 1. The fraction of sp³-hybridized carbons (Fsp3) is 0.583. The maximum atomic E-state index is 12.0. The number of carbonyl (C=O) groups is 1. The van der Waals surface area contributed by atoms with E-state index in [0.29, 0.717) is 12.3 Å². The first-order chi connectivity index (χ1) is 7.77. The minimum absolute atomic E-state index is 0.203. The lowest BCUT2D eigenvalue weighted by molar-refractivity contribution is -0.119. The lowest BCUT2D eigenvalue weighted by Gasteiger charge is -2.24. The highest BCUT2D eigenvalue weighted by atomic mass is 16.2. The molecule has 2 rings (SSSR count). The molecular formula is C12H19N3O. The zero-order chi connectivity index (χ0) is 11.4. The maximum Gasteiger partial charge on any atom is 0.228 e. The summed E-state index contributed by atoms with van der Waals surface area (Å²) in [5, 5.41) is 3.31. The van der Waals surface area contributed by atoms with Crippen molar-refractivity contribution in [1.82, 2.24) is 10.3 Å². The van der Waals surface area contributed by atoms with Crippen molar-refractivity contribution in [3.8, 4) is 0 Å². The summed E-state index contributed by atoms with van der Waals surface area (Å²) >= 11 is 0. The van der Waals surface area contributed by atoms with Gasteiger partial charge in [-0.3, -0.25) is 4.79 Å². The van der Waals surface area contributed by atoms with Gasteiger partial charge in [0, 0.05) is 19.7 Å². The Hall–Kier alpha value is -1.29. The molecule has 0 saturated carbocycles. The van der Waals surface area contributed by atoms with E-state index in [1.165, 1.54) is 0 Å². The molecule has 1 aromatic rings. The predicted octanol–water partition coefficient (Wildman–Crippen LogP) is 1.37. The summed E-state index contributed by atoms with van der Waals surface area (Å²) in [6.45, 7) is 2.09. The first-order valence-corrected chi connectivity index (χ1v) is 5.88. The number of aromatic amines is 1. The Morgan fingerprint density at radius 1 is 1.50 bits per heavy atom. The molecule has 16 heavy (non-hydrogen) atoms. The molecule has 1 saturated heterocycles. The molecule has 2 N–H and O–H groups in total. The first kappa shape index (κ1) is 11.2. The molecule has 4 heteroatoms. The van der Waals surface area contributed by atoms with Gasteiger partial charge in [0.05, 0.1) is 0 Å². The van der Waals surface area contributed by atoms with Crippen LogP contribution in [0.2, 0.25) is 0 Å². The molecule has 2 heterocycles. The molecule has 0 radical (unpaired) electrons. The average molecular weight is 221 g/mol. The van der Waals surface area contributed by atoms with Gasteiger partial charge in [0.25, 0.3) is 0 Å². The summed E-state index contributed by atoms with van der Waals surface area (Å²) in [4.78, 5) is 16.8. The van der Waals surface area contributed by atoms with Gasteiger partial charge in [-0.05, 0) is 44.0 Å². The third kappa shape index (κ3) is 2.64. The van der Waals surface area contributed by atoms with Crippen molar-refractivity contribution in [1.29, 1.82) is 0 Å². The molecule has 0 unspecified atom stereocenters. The second-order valence-corrected chi connectivity index (χ2v) is 4.41. The molecule has 0 spiro atoms. The normalized spacial score (nSPS) is 17.3. The standard InChI is InChI=1S/C12H19N3O/c1-15(11-3-2-6-14-11)12(16)9-10-4-7-13-8-5-10/h2-3,6,10,13-14H,4-5,7-9H2,1H3. The monoisotopic (exact) mass is 221 g/mol. The third-order valence-corrected chi connectivity index (χ3v) is 3.24. The van der Waals surface area contributed by atoms with Crippen LogP contribution in [-0.2, 0) is 4.79 Å². The number of piperidine rings is 1. The smallest absolute Gasteiger partial charge is 0.228 e. The average Bonchev–Trinajstić information content (AvgIpc) is 2.83. The molecule has 4 nitrogen and oxygen atoms in total. The van der Waals surface area contributed by atoms with Crippen LogP contribution in [0.25, 0.3) is 0 Å². The summed E-state index contributed by atoms with van der Waals surface area (Å²) in [5.41, 5.74) is 0. The van der Waals surface area contributed by atoms with Crippen LogP contribution >= 0.6 is 0 Å². The Morgan fingerprint density at radius 2 is 2.25 bits per heavy atom. The maximum absolute atomic E-state index is 12.0. The molecule has 1 aromatic heterocycles. The van der Waals surface area contributed by atoms with Crippen LogP contribution in [0.3, 0.4) is 0 Å². The summed E-state index contributed by atoms with van der Waals surface area (Å²) in [6.07, 6.45) is 4.73. The van der Waals surface area contributed by atoms with Crippen LogP contribution in [0.4, 0.5) is 5.82 Å². The molecule has 0 atom stereocenters. The summed E-state index contributed by atoms with van der Waals surface area (Å²) < 4.78 is 0. The van der Waals surface area contributed by atoms with Crippen LogP contribution in [0.5, 0.6) is 0 Å². The molecule has 88 valence electrons. The zero-order valence-electron chi connectivity index (χ0n) is 9.70. The number of carbonyl (C=O) groups excluding carboxylic acids is 1. The Labute approximate surface area is 96.0 Å². The number of hydrogen-bond donors (Lipinski definition) is 2. The second-order valence-electron chi connectivity index (χ2n) is 4.41. The summed E-state index contributed by atoms with van der Waals surface area (Å²) in [6, 6.07) is 3.82. The van der Waals surface area contributed by atoms with Crippen molar-refractivity contribution in [2.75, 3.05) is 25.0 Å². The molecule has 1 aliphatic heterocycles. The van der Waals surface area contributed by atoms with Crippen LogP contribution in [0.1, 0.15) is 19.3 Å². The molecule has 1 aliphatic rings. The lowest BCUT2D eigenvalue weighted by atomic mass is 9.94. The Bertz CT molecular complexity index is 328. The van der Waals surface area contributed by atoms with Crippen molar-refractivity contribution < 1.29 is 4.79 Å². The van der Waals surface area contributed by atoms with Gasteiger partial charge in [-0.1, -0.05) is 0 Å². The van der Waals surface area contributed by atoms with E-state index < -0.39 is 0 Å². The van der Waals surface area contributed by atoms with E-state index in [2.05, 4.69) is 10.3 Å². The fourth-order valence-electron chi connectivity index (χ4n) is 2.13. The zero-order valence-corrected chi connectivity index (χ0v) is 9.70. The van der Waals surface area contributed by atoms with Crippen molar-refractivity contribution in [2.24, 2.45) is 5.92 Å². The van der Waals surface area contributed by atoms with E-state index >= 15 is 0 Å². The summed E-state index contributed by atoms with van der Waals surface area (Å²) in [5.74, 6) is 1.62. The van der Waals surface area contributed by atoms with Crippen molar-refractivity contribution in [2.45, 2.75) is 19.3 Å². The molecule has 1 amide bonds. The van der Waals surface area contributed by atoms with Gasteiger partial charge in [-0.15, -0.1) is 0 Å². The number of anilines is 1. The quantitative estimate of drug-likeness (QED) is 0.809. The number of hydrogen-bond acceptors (Lipinski definition) is 2. The Kier molecular flexibility index (Phi) is 3.62. The minimum Gasteiger partial charge on any atom is -0.348 e. The van der Waals surface area contributed by atoms with E-state index in [4.69, 9.17) is 0 Å². The molecule has 1 fully saturated rings. The van der Waals surface area contributed by atoms with Gasteiger partial charge in [0.2, 0.25) is 5.91 Å². The van der Waals surface area contributed by atoms with Crippen LogP contribution < -0.4 is 10.2 Å². The van der Waals surface area contributed by atoms with E-state index in [0.717, 1.165) is 31.7 Å². The SMILES string of the molecule is CN(C(=O)CC1CCNCC1)c1ccc[nH]1. The molecule has 0 bridgehead atoms. The van der Waals surface area contributed by atoms with Crippen molar-refractivity contribution in [3.05, 3.63) is 18.3 Å². The predicted molar refractivity (Wildman–Crippen MR) is 64.4 cm³/mol. The largest absolute Gasteiger partial charge is 0.348 e. The van der Waals surface area contributed by atoms with E-state index in [1.807, 2.05) is 25.4 Å². The molecule has 0 aromatic carbocycles. The topological polar surface area (TPSA) is 48.1 Å². The van der Waals surface area contributed by atoms with Crippen LogP contribution in [0, 0.1) is 5.92 Å². The van der Waals surface area contributed by atoms with Gasteiger partial charge in [0.1, 0.15) is 5.82 Å². The number of H-pyrrole nitrogens is 1. The highest BCUT2D eigenvalue weighted by Gasteiger charge is 2.19. The second kappa shape index (κ2) is 5.16. The summed E-state index contributed by atoms with van der Waals surface area (Å²) in [7, 11) is 1.83. The first-order valence-electron chi connectivity index (χ1n) is 5.88. The Morgan fingerprint density at radius 3 is 2.88 bits per heavy atom. The van der Waals surface area contributed by atoms with Gasteiger partial charge >= 0.3 is 0 Å². The number of nitrogens with one attached hydrogen (secondary N) is 2. The van der Waals surface area contributed by atoms with E-state index in [1.54, 1.807) is 4.90 Å². The van der Waals surface area contributed by atoms with Gasteiger partial charge in [-0.2, -0.15) is 0 Å². The lowest BCUT2D eigenvalue weighted by Crippen LogP contribution is -2.33. The van der Waals surface area contributed by atoms with Crippen molar-refractivity contribution in [3.63, 3.8) is 0 Å². The molecule has 0 aliphatic carbocycles. The minimum atomic E-state index is 0.203. The van der Waals surface area contributed by atoms with E-state index in [9.17, 15) is 4.79 Å². The fourth-order valence-corrected chi connectivity index (χ4v) is 2.13. The third-order valence-electron chi connectivity index (χ3n) is 3.24. The van der Waals surface area contributed by atoms with Crippen molar-refractivity contribution >= 4 is 11.7 Å². The Balaban J connectivity index is 1.87. The van der Waals surface area contributed by atoms with E-state index in [-0.39, 0.29) is 5.91 Å². The van der Waals surface area contributed by atoms with Crippen LogP contribution in [0.15, 0.2) is 18.3 Å². The highest BCUT2D eigenvalue weighted by Crippen LogP contribution is 2.18. The number of rotatable bonds is 3. The van der Waals surface area contributed by atoms with Gasteiger partial charge < -0.3 is 15.2 Å². The van der Waals surface area contributed by atoms with Gasteiger partial charge in [-0.25, -0.2) is 0 Å². The highest BCUT2D eigenvalue weighted by molar-refractivity contribution is 5.91. The number of nitrogens with zero attached hydrogens (tertiary/aromatic N) is 1. The van der Waals surface area contributed by atoms with Gasteiger partial charge in [0.15, 0.2) is 0 Å². The molecular weight excluding hydrogens is 202 g/mol. The number of amides is 1. The van der Waals surface area contributed by atoms with Crippen LogP contribution in [-0.4, -0.2) is 31.0 Å².